The van der Waals surface area contributed by atoms with E-state index >= 15 is 0 Å². The molecule has 1 atom stereocenters. The lowest BCUT2D eigenvalue weighted by Crippen LogP contribution is -2.52. The number of hydrogen-bond acceptors (Lipinski definition) is 6. The first-order valence-corrected chi connectivity index (χ1v) is 7.98. The van der Waals surface area contributed by atoms with Crippen LogP contribution in [0.4, 0.5) is 0 Å². The van der Waals surface area contributed by atoms with Gasteiger partial charge in [-0.2, -0.15) is 4.98 Å². The zero-order valence-electron chi connectivity index (χ0n) is 11.9. The molecule has 1 saturated heterocycles. The molecule has 3 heterocycles. The minimum Gasteiger partial charge on any atom is -0.339 e. The highest BCUT2D eigenvalue weighted by molar-refractivity contribution is 7.13. The summed E-state index contributed by atoms with van der Waals surface area (Å²) in [6, 6.07) is 4.15. The number of carbonyl (C=O) groups excluding carboxylic acids is 1. The summed E-state index contributed by atoms with van der Waals surface area (Å²) in [6.45, 7) is 4.55. The third kappa shape index (κ3) is 3.30. The quantitative estimate of drug-likeness (QED) is 0.928. The number of thiophene rings is 1. The van der Waals surface area contributed by atoms with E-state index in [2.05, 4.69) is 22.4 Å². The Bertz CT molecular complexity index is 596. The van der Waals surface area contributed by atoms with Crippen LogP contribution in [0, 0.1) is 0 Å². The molecule has 2 aromatic heterocycles. The van der Waals surface area contributed by atoms with E-state index in [0.29, 0.717) is 24.6 Å². The highest BCUT2D eigenvalue weighted by Gasteiger charge is 2.23. The SMILES string of the molecule is C[C@@H]1CNCCN1C(=O)CCc1nc(-c2cccs2)no1. The summed E-state index contributed by atoms with van der Waals surface area (Å²) < 4.78 is 5.22. The van der Waals surface area contributed by atoms with E-state index < -0.39 is 0 Å². The molecule has 21 heavy (non-hydrogen) atoms. The fourth-order valence-electron chi connectivity index (χ4n) is 2.43. The summed E-state index contributed by atoms with van der Waals surface area (Å²) >= 11 is 1.57. The van der Waals surface area contributed by atoms with Crippen molar-refractivity contribution in [3.63, 3.8) is 0 Å². The van der Waals surface area contributed by atoms with Crippen LogP contribution < -0.4 is 5.32 Å². The van der Waals surface area contributed by atoms with Crippen molar-refractivity contribution in [1.29, 1.82) is 0 Å². The standard InChI is InChI=1S/C14H18N4O2S/c1-10-9-15-6-7-18(10)13(19)5-4-12-16-14(17-20-12)11-3-2-8-21-11/h2-3,8,10,15H,4-7,9H2,1H3/t10-/m1/s1. The van der Waals surface area contributed by atoms with Gasteiger partial charge in [-0.1, -0.05) is 11.2 Å². The molecule has 0 bridgehead atoms. The summed E-state index contributed by atoms with van der Waals surface area (Å²) in [5, 5.41) is 9.20. The lowest BCUT2D eigenvalue weighted by Gasteiger charge is -2.34. The lowest BCUT2D eigenvalue weighted by molar-refractivity contribution is -0.134. The second-order valence-corrected chi connectivity index (χ2v) is 6.08. The average molecular weight is 306 g/mol. The molecule has 0 spiro atoms. The minimum absolute atomic E-state index is 0.153. The molecule has 112 valence electrons. The molecule has 0 saturated carbocycles. The number of aryl methyl sites for hydroxylation is 1. The first-order valence-electron chi connectivity index (χ1n) is 7.10. The van der Waals surface area contributed by atoms with Crippen LogP contribution in [0.5, 0.6) is 0 Å². The molecule has 1 aliphatic heterocycles. The second kappa shape index (κ2) is 6.36. The monoisotopic (exact) mass is 306 g/mol. The van der Waals surface area contributed by atoms with Crippen LogP contribution in [-0.2, 0) is 11.2 Å². The number of aromatic nitrogens is 2. The van der Waals surface area contributed by atoms with Gasteiger partial charge in [0, 0.05) is 38.5 Å². The van der Waals surface area contributed by atoms with E-state index in [1.165, 1.54) is 0 Å². The molecule has 1 amide bonds. The van der Waals surface area contributed by atoms with Crippen molar-refractivity contribution in [2.24, 2.45) is 0 Å². The molecule has 1 aliphatic rings. The Kier molecular flexibility index (Phi) is 4.31. The van der Waals surface area contributed by atoms with E-state index in [4.69, 9.17) is 4.52 Å². The number of rotatable bonds is 4. The van der Waals surface area contributed by atoms with Gasteiger partial charge in [0.05, 0.1) is 4.88 Å². The van der Waals surface area contributed by atoms with E-state index in [1.807, 2.05) is 22.4 Å². The summed E-state index contributed by atoms with van der Waals surface area (Å²) in [6.07, 6.45) is 0.907. The molecular weight excluding hydrogens is 288 g/mol. The minimum atomic E-state index is 0.153. The average Bonchev–Trinajstić information content (AvgIpc) is 3.16. The Morgan fingerprint density at radius 2 is 2.52 bits per heavy atom. The summed E-state index contributed by atoms with van der Waals surface area (Å²) in [4.78, 5) is 19.5. The molecule has 0 aromatic carbocycles. The predicted octanol–water partition coefficient (Wildman–Crippen LogP) is 1.55. The molecule has 1 fully saturated rings. The summed E-state index contributed by atoms with van der Waals surface area (Å²) in [5.41, 5.74) is 0. The van der Waals surface area contributed by atoms with Crippen LogP contribution in [0.25, 0.3) is 10.7 Å². The maximum absolute atomic E-state index is 12.2. The van der Waals surface area contributed by atoms with Gasteiger partial charge in [0.25, 0.3) is 0 Å². The van der Waals surface area contributed by atoms with Crippen LogP contribution in [0.1, 0.15) is 19.2 Å². The molecular formula is C14H18N4O2S. The van der Waals surface area contributed by atoms with Crippen molar-refractivity contribution in [1.82, 2.24) is 20.4 Å². The number of nitrogens with one attached hydrogen (secondary N) is 1. The van der Waals surface area contributed by atoms with Crippen LogP contribution in [0.2, 0.25) is 0 Å². The van der Waals surface area contributed by atoms with Gasteiger partial charge in [-0.25, -0.2) is 0 Å². The van der Waals surface area contributed by atoms with Crippen molar-refractivity contribution in [2.45, 2.75) is 25.8 Å². The number of piperazine rings is 1. The fourth-order valence-corrected chi connectivity index (χ4v) is 3.08. The summed E-state index contributed by atoms with van der Waals surface area (Å²) in [5.74, 6) is 1.28. The van der Waals surface area contributed by atoms with Crippen molar-refractivity contribution in [3.8, 4) is 10.7 Å². The number of carbonyl (C=O) groups is 1. The Morgan fingerprint density at radius 1 is 1.62 bits per heavy atom. The molecule has 2 aromatic rings. The fraction of sp³-hybridized carbons (Fsp3) is 0.500. The van der Waals surface area contributed by atoms with Crippen molar-refractivity contribution in [2.75, 3.05) is 19.6 Å². The predicted molar refractivity (Wildman–Crippen MR) is 80.0 cm³/mol. The van der Waals surface area contributed by atoms with Gasteiger partial charge in [-0.15, -0.1) is 11.3 Å². The Hall–Kier alpha value is -1.73. The number of hydrogen-bond donors (Lipinski definition) is 1. The maximum Gasteiger partial charge on any atom is 0.227 e. The molecule has 0 radical (unpaired) electrons. The van der Waals surface area contributed by atoms with Gasteiger partial charge < -0.3 is 14.7 Å². The molecule has 0 unspecified atom stereocenters. The van der Waals surface area contributed by atoms with Gasteiger partial charge in [-0.3, -0.25) is 4.79 Å². The van der Waals surface area contributed by atoms with E-state index in [0.717, 1.165) is 24.5 Å². The first kappa shape index (κ1) is 14.2. The molecule has 6 nitrogen and oxygen atoms in total. The van der Waals surface area contributed by atoms with Crippen molar-refractivity contribution in [3.05, 3.63) is 23.4 Å². The third-order valence-corrected chi connectivity index (χ3v) is 4.45. The topological polar surface area (TPSA) is 71.3 Å². The van der Waals surface area contributed by atoms with Crippen molar-refractivity contribution >= 4 is 17.2 Å². The van der Waals surface area contributed by atoms with Crippen molar-refractivity contribution < 1.29 is 9.32 Å². The van der Waals surface area contributed by atoms with Gasteiger partial charge in [-0.05, 0) is 18.4 Å². The molecule has 7 heteroatoms. The molecule has 0 aliphatic carbocycles. The first-order chi connectivity index (χ1) is 10.2. The van der Waals surface area contributed by atoms with E-state index in [-0.39, 0.29) is 11.9 Å². The summed E-state index contributed by atoms with van der Waals surface area (Å²) in [7, 11) is 0. The normalized spacial score (nSPS) is 18.9. The Labute approximate surface area is 127 Å². The van der Waals surface area contributed by atoms with Crippen LogP contribution in [0.15, 0.2) is 22.0 Å². The Morgan fingerprint density at radius 3 is 3.29 bits per heavy atom. The van der Waals surface area contributed by atoms with Gasteiger partial charge in [0.2, 0.25) is 17.6 Å². The lowest BCUT2D eigenvalue weighted by atomic mass is 10.2. The number of nitrogens with zero attached hydrogens (tertiary/aromatic N) is 3. The Balaban J connectivity index is 1.56. The zero-order valence-corrected chi connectivity index (χ0v) is 12.7. The second-order valence-electron chi connectivity index (χ2n) is 5.13. The van der Waals surface area contributed by atoms with Gasteiger partial charge in [0.1, 0.15) is 0 Å². The molecule has 1 N–H and O–H groups in total. The number of amides is 1. The van der Waals surface area contributed by atoms with Gasteiger partial charge >= 0.3 is 0 Å². The van der Waals surface area contributed by atoms with Crippen LogP contribution in [0.3, 0.4) is 0 Å². The van der Waals surface area contributed by atoms with Gasteiger partial charge in [0.15, 0.2) is 0 Å². The largest absolute Gasteiger partial charge is 0.339 e. The molecule has 3 rings (SSSR count). The third-order valence-electron chi connectivity index (χ3n) is 3.58. The van der Waals surface area contributed by atoms with Crippen LogP contribution >= 0.6 is 11.3 Å². The maximum atomic E-state index is 12.2. The highest BCUT2D eigenvalue weighted by atomic mass is 32.1. The smallest absolute Gasteiger partial charge is 0.227 e. The zero-order chi connectivity index (χ0) is 14.7. The van der Waals surface area contributed by atoms with E-state index in [9.17, 15) is 4.79 Å². The van der Waals surface area contributed by atoms with E-state index in [1.54, 1.807) is 11.3 Å². The highest BCUT2D eigenvalue weighted by Crippen LogP contribution is 2.21. The van der Waals surface area contributed by atoms with Crippen LogP contribution in [-0.4, -0.2) is 46.6 Å².